The van der Waals surface area contributed by atoms with E-state index in [0.29, 0.717) is 18.0 Å². The molecule has 0 saturated carbocycles. The van der Waals surface area contributed by atoms with Crippen molar-refractivity contribution in [2.75, 3.05) is 0 Å². The van der Waals surface area contributed by atoms with Gasteiger partial charge in [-0.25, -0.2) is 0 Å². The summed E-state index contributed by atoms with van der Waals surface area (Å²) in [5, 5.41) is 0. The van der Waals surface area contributed by atoms with Gasteiger partial charge < -0.3 is 4.74 Å². The number of hydrogen-bond acceptors (Lipinski definition) is 2. The zero-order valence-electron chi connectivity index (χ0n) is 23.7. The Morgan fingerprint density at radius 2 is 1.12 bits per heavy atom. The fourth-order valence-corrected chi connectivity index (χ4v) is 5.51. The van der Waals surface area contributed by atoms with Crippen LogP contribution in [0.5, 0.6) is 0 Å². The number of unbranched alkanes of at least 4 members (excludes halogenated alkanes) is 11. The van der Waals surface area contributed by atoms with Crippen LogP contribution in [0.1, 0.15) is 175 Å². The van der Waals surface area contributed by atoms with Crippen LogP contribution in [-0.4, -0.2) is 18.0 Å². The first-order valence-electron chi connectivity index (χ1n) is 15.6. The maximum absolute atomic E-state index is 12.5. The lowest BCUT2D eigenvalue weighted by Crippen LogP contribution is -2.23. The van der Waals surface area contributed by atoms with Gasteiger partial charge in [0.2, 0.25) is 0 Å². The zero-order valence-corrected chi connectivity index (χ0v) is 23.7. The van der Waals surface area contributed by atoms with Crippen LogP contribution in [-0.2, 0) is 9.53 Å². The van der Waals surface area contributed by atoms with Gasteiger partial charge in [-0.2, -0.15) is 0 Å². The number of carbonyl (C=O) groups excluding carboxylic acids is 1. The second-order valence-corrected chi connectivity index (χ2v) is 10.9. The second-order valence-electron chi connectivity index (χ2n) is 10.9. The molecule has 0 aromatic heterocycles. The van der Waals surface area contributed by atoms with E-state index in [2.05, 4.69) is 27.7 Å². The average molecular weight is 477 g/mol. The molecular formula is C32H60O2. The van der Waals surface area contributed by atoms with Crippen LogP contribution in [0.4, 0.5) is 0 Å². The van der Waals surface area contributed by atoms with Crippen molar-refractivity contribution < 1.29 is 9.53 Å². The van der Waals surface area contributed by atoms with Crippen LogP contribution in [0.2, 0.25) is 0 Å². The maximum Gasteiger partial charge on any atom is 0.159 e. The molecule has 0 spiro atoms. The lowest BCUT2D eigenvalue weighted by Gasteiger charge is -2.25. The van der Waals surface area contributed by atoms with Gasteiger partial charge in [0.05, 0.1) is 12.2 Å². The summed E-state index contributed by atoms with van der Waals surface area (Å²) in [7, 11) is 0. The summed E-state index contributed by atoms with van der Waals surface area (Å²) < 4.78 is 6.78. The van der Waals surface area contributed by atoms with Gasteiger partial charge in [-0.3, -0.25) is 4.79 Å². The van der Waals surface area contributed by atoms with Crippen molar-refractivity contribution in [1.29, 1.82) is 0 Å². The first-order valence-corrected chi connectivity index (χ1v) is 15.6. The molecule has 0 radical (unpaired) electrons. The molecule has 0 aromatic rings. The number of ether oxygens (including phenoxy) is 1. The molecule has 0 aromatic carbocycles. The third kappa shape index (κ3) is 14.7. The molecule has 1 aliphatic carbocycles. The zero-order chi connectivity index (χ0) is 24.9. The van der Waals surface area contributed by atoms with Crippen LogP contribution in [0.25, 0.3) is 0 Å². The minimum absolute atomic E-state index is 0.366. The predicted molar refractivity (Wildman–Crippen MR) is 150 cm³/mol. The molecule has 0 amide bonds. The van der Waals surface area contributed by atoms with E-state index in [4.69, 9.17) is 4.74 Å². The standard InChI is InChI=1S/C32H60O2/c1-5-9-12-14-15-16-17-18-22-30(21-11-7-3)34-29(20-8-4)26-24-28-25-27-32(33)31(28)23-19-13-10-6-2/h29-30H,5-27H2,1-4H3. The van der Waals surface area contributed by atoms with E-state index in [9.17, 15) is 4.79 Å². The SMILES string of the molecule is CCCCCCCCCCC(CCCC)OC(CCC)CCC1=C(CCCCCC)C(=O)CC1. The molecule has 2 atom stereocenters. The average Bonchev–Trinajstić information content (AvgIpc) is 3.19. The maximum atomic E-state index is 12.5. The third-order valence-electron chi connectivity index (χ3n) is 7.72. The van der Waals surface area contributed by atoms with E-state index in [1.54, 1.807) is 0 Å². The largest absolute Gasteiger partial charge is 0.375 e. The van der Waals surface area contributed by atoms with Crippen molar-refractivity contribution in [3.05, 3.63) is 11.1 Å². The van der Waals surface area contributed by atoms with Gasteiger partial charge in [0.1, 0.15) is 0 Å². The number of hydrogen-bond donors (Lipinski definition) is 0. The Hall–Kier alpha value is -0.630. The summed E-state index contributed by atoms with van der Waals surface area (Å²) in [6.07, 6.45) is 29.2. The van der Waals surface area contributed by atoms with Gasteiger partial charge in [0.15, 0.2) is 5.78 Å². The fourth-order valence-electron chi connectivity index (χ4n) is 5.51. The molecule has 0 bridgehead atoms. The summed E-state index contributed by atoms with van der Waals surface area (Å²) in [6.45, 7) is 9.12. The Labute approximate surface area is 214 Å². The van der Waals surface area contributed by atoms with Crippen LogP contribution in [0, 0.1) is 0 Å². The van der Waals surface area contributed by atoms with E-state index >= 15 is 0 Å². The minimum Gasteiger partial charge on any atom is -0.375 e. The minimum atomic E-state index is 0.366. The lowest BCUT2D eigenvalue weighted by atomic mass is 9.97. The summed E-state index contributed by atoms with van der Waals surface area (Å²) >= 11 is 0. The highest BCUT2D eigenvalue weighted by Crippen LogP contribution is 2.32. The highest BCUT2D eigenvalue weighted by Gasteiger charge is 2.24. The lowest BCUT2D eigenvalue weighted by molar-refractivity contribution is -0.115. The molecule has 0 N–H and O–H groups in total. The fraction of sp³-hybridized carbons (Fsp3) is 0.906. The normalized spacial score (nSPS) is 15.9. The Balaban J connectivity index is 2.50. The van der Waals surface area contributed by atoms with Crippen LogP contribution >= 0.6 is 0 Å². The van der Waals surface area contributed by atoms with Gasteiger partial charge in [-0.05, 0) is 56.9 Å². The second kappa shape index (κ2) is 21.6. The summed E-state index contributed by atoms with van der Waals surface area (Å²) in [5.74, 6) is 0.440. The molecule has 2 unspecified atom stereocenters. The number of carbonyl (C=O) groups is 1. The van der Waals surface area contributed by atoms with Gasteiger partial charge in [-0.1, -0.05) is 123 Å². The predicted octanol–water partition coefficient (Wildman–Crippen LogP) is 10.7. The molecule has 0 heterocycles. The van der Waals surface area contributed by atoms with Crippen LogP contribution in [0.15, 0.2) is 11.1 Å². The van der Waals surface area contributed by atoms with Gasteiger partial charge >= 0.3 is 0 Å². The first kappa shape index (κ1) is 31.4. The molecule has 1 rings (SSSR count). The molecule has 0 saturated heterocycles. The van der Waals surface area contributed by atoms with Crippen molar-refractivity contribution in [3.63, 3.8) is 0 Å². The molecule has 0 fully saturated rings. The molecule has 0 aliphatic heterocycles. The Bertz CT molecular complexity index is 521. The summed E-state index contributed by atoms with van der Waals surface area (Å²) in [5.41, 5.74) is 2.67. The highest BCUT2D eigenvalue weighted by atomic mass is 16.5. The van der Waals surface area contributed by atoms with Crippen molar-refractivity contribution >= 4 is 5.78 Å². The van der Waals surface area contributed by atoms with Crippen molar-refractivity contribution in [2.24, 2.45) is 0 Å². The van der Waals surface area contributed by atoms with Crippen LogP contribution < -0.4 is 0 Å². The van der Waals surface area contributed by atoms with Crippen molar-refractivity contribution in [1.82, 2.24) is 0 Å². The van der Waals surface area contributed by atoms with E-state index in [1.807, 2.05) is 0 Å². The van der Waals surface area contributed by atoms with Crippen LogP contribution in [0.3, 0.4) is 0 Å². The Morgan fingerprint density at radius 1 is 0.559 bits per heavy atom. The molecular weight excluding hydrogens is 416 g/mol. The van der Waals surface area contributed by atoms with Crippen molar-refractivity contribution in [2.45, 2.75) is 188 Å². The topological polar surface area (TPSA) is 26.3 Å². The monoisotopic (exact) mass is 476 g/mol. The summed E-state index contributed by atoms with van der Waals surface area (Å²) in [6, 6.07) is 0. The number of Topliss-reactive ketones (excluding diaryl/α,β-unsaturated/α-hetero) is 1. The van der Waals surface area contributed by atoms with E-state index in [-0.39, 0.29) is 0 Å². The number of ketones is 1. The molecule has 1 aliphatic rings. The third-order valence-corrected chi connectivity index (χ3v) is 7.72. The smallest absolute Gasteiger partial charge is 0.159 e. The molecule has 2 nitrogen and oxygen atoms in total. The van der Waals surface area contributed by atoms with Gasteiger partial charge in [0, 0.05) is 6.42 Å². The summed E-state index contributed by atoms with van der Waals surface area (Å²) in [4.78, 5) is 12.5. The van der Waals surface area contributed by atoms with E-state index in [1.165, 1.54) is 120 Å². The molecule has 2 heteroatoms. The van der Waals surface area contributed by atoms with E-state index < -0.39 is 0 Å². The quantitative estimate of drug-likeness (QED) is 0.129. The first-order chi connectivity index (χ1) is 16.7. The highest BCUT2D eigenvalue weighted by molar-refractivity contribution is 5.98. The Morgan fingerprint density at radius 3 is 1.76 bits per heavy atom. The molecule has 34 heavy (non-hydrogen) atoms. The van der Waals surface area contributed by atoms with Gasteiger partial charge in [0.25, 0.3) is 0 Å². The number of allylic oxidation sites excluding steroid dienone is 2. The molecule has 200 valence electrons. The van der Waals surface area contributed by atoms with E-state index in [0.717, 1.165) is 38.5 Å². The number of rotatable bonds is 24. The van der Waals surface area contributed by atoms with Crippen molar-refractivity contribution in [3.8, 4) is 0 Å². The Kier molecular flexibility index (Phi) is 20.0. The van der Waals surface area contributed by atoms with Gasteiger partial charge in [-0.15, -0.1) is 0 Å².